The first-order valence-electron chi connectivity index (χ1n) is 12.8. The van der Waals surface area contributed by atoms with Crippen molar-refractivity contribution in [2.45, 2.75) is 44.2 Å². The molecule has 2 aliphatic heterocycles. The van der Waals surface area contributed by atoms with Crippen molar-refractivity contribution in [1.29, 1.82) is 0 Å². The highest BCUT2D eigenvalue weighted by atomic mass is 32.1. The summed E-state index contributed by atoms with van der Waals surface area (Å²) in [5, 5.41) is 4.38. The largest absolute Gasteiger partial charge is 0.490 e. The third-order valence-electron chi connectivity index (χ3n) is 6.45. The number of esters is 1. The minimum atomic E-state index is -5.80. The number of hydrogen-bond acceptors (Lipinski definition) is 17. The number of rotatable bonds is 12. The molecule has 27 heteroatoms. The third kappa shape index (κ3) is 8.21. The fourth-order valence-corrected chi connectivity index (χ4v) is 8.86. The molecule has 8 N–H and O–H groups in total. The molecular weight excluding hydrogens is 737 g/mol. The molecule has 5 rings (SSSR count). The number of amides is 1. The molecule has 7 atom stereocenters. The molecule has 5 heterocycles. The van der Waals surface area contributed by atoms with Gasteiger partial charge in [0.15, 0.2) is 16.8 Å². The number of imidazole rings is 1. The monoisotopic (exact) mass is 762 g/mol. The molecule has 0 bridgehead atoms. The fourth-order valence-electron chi connectivity index (χ4n) is 4.61. The average molecular weight is 763 g/mol. The number of nitrogens with zero attached hydrogens (tertiary/aromatic N) is 3. The summed E-state index contributed by atoms with van der Waals surface area (Å²) in [6, 6.07) is 0. The van der Waals surface area contributed by atoms with Gasteiger partial charge in [0.05, 0.1) is 32.2 Å². The Morgan fingerprint density at radius 3 is 2.53 bits per heavy atom. The van der Waals surface area contributed by atoms with Gasteiger partial charge in [0, 0.05) is 4.88 Å². The number of thiophene rings is 1. The van der Waals surface area contributed by atoms with E-state index in [1.807, 2.05) is 0 Å². The van der Waals surface area contributed by atoms with Gasteiger partial charge in [0.25, 0.3) is 5.91 Å². The fraction of sp³-hybridized carbons (Fsp3) is 0.450. The standard InChI is InChI=1S/C20H25N6O16P3S2/c1-7-5-47-9(3-10(27)36-2)11(7)23-16(28)19-39-13-8(4-37-44(32,33)42-45(34,35)41-43(29,30)31)38-18(14(13)40-19)26-6-22-12-15(26)24-20(21)25-17(12)46/h5-6,8,13-14,18-19H,3-4H2,1-2H3,(H,23,28)(H,32,33)(H,34,35)(H2,29,30,31)(H3,21,24,25,46)/t8?,13?,14?,18?,19-/m1/s1. The topological polar surface area (TPSA) is 315 Å². The van der Waals surface area contributed by atoms with Crippen LogP contribution < -0.4 is 11.1 Å². The van der Waals surface area contributed by atoms with E-state index in [0.29, 0.717) is 16.1 Å². The Hall–Kier alpha value is -2.50. The maximum Gasteiger partial charge on any atom is 0.490 e. The van der Waals surface area contributed by atoms with Crippen molar-refractivity contribution in [1.82, 2.24) is 19.5 Å². The zero-order chi connectivity index (χ0) is 34.5. The molecule has 258 valence electrons. The highest BCUT2D eigenvalue weighted by Gasteiger charge is 2.56. The van der Waals surface area contributed by atoms with Crippen LogP contribution in [0.1, 0.15) is 16.7 Å². The lowest BCUT2D eigenvalue weighted by Crippen LogP contribution is -2.34. The molecule has 0 radical (unpaired) electrons. The minimum Gasteiger partial charge on any atom is -0.469 e. The number of aromatic nitrogens is 4. The summed E-state index contributed by atoms with van der Waals surface area (Å²) >= 11 is 6.42. The van der Waals surface area contributed by atoms with Crippen LogP contribution in [0.2, 0.25) is 0 Å². The Morgan fingerprint density at radius 1 is 1.15 bits per heavy atom. The zero-order valence-electron chi connectivity index (χ0n) is 23.7. The highest BCUT2D eigenvalue weighted by molar-refractivity contribution is 7.71. The second-order valence-electron chi connectivity index (χ2n) is 9.72. The molecule has 0 spiro atoms. The summed E-state index contributed by atoms with van der Waals surface area (Å²) in [5.41, 5.74) is 7.22. The number of fused-ring (bicyclic) bond motifs is 2. The van der Waals surface area contributed by atoms with Crippen molar-refractivity contribution in [3.63, 3.8) is 0 Å². The van der Waals surface area contributed by atoms with E-state index >= 15 is 0 Å². The predicted octanol–water partition coefficient (Wildman–Crippen LogP) is 1.15. The van der Waals surface area contributed by atoms with Gasteiger partial charge in [-0.1, -0.05) is 12.2 Å². The number of ether oxygens (including phenoxy) is 4. The minimum absolute atomic E-state index is 0.0449. The summed E-state index contributed by atoms with van der Waals surface area (Å²) in [6.07, 6.45) is -5.35. The Bertz CT molecular complexity index is 1910. The Balaban J connectivity index is 1.39. The number of carbonyl (C=O) groups excluding carboxylic acids is 2. The molecule has 0 aromatic carbocycles. The van der Waals surface area contributed by atoms with Gasteiger partial charge in [-0.15, -0.1) is 11.3 Å². The lowest BCUT2D eigenvalue weighted by atomic mass is 10.1. The van der Waals surface area contributed by atoms with Crippen LogP contribution in [0.4, 0.5) is 11.6 Å². The summed E-state index contributed by atoms with van der Waals surface area (Å²) in [4.78, 5) is 73.6. The number of carbonyl (C=O) groups is 2. The first kappa shape index (κ1) is 35.8. The van der Waals surface area contributed by atoms with E-state index in [4.69, 9.17) is 51.2 Å². The summed E-state index contributed by atoms with van der Waals surface area (Å²) in [5.74, 6) is -1.40. The molecule has 2 aliphatic rings. The molecule has 3 aromatic heterocycles. The van der Waals surface area contributed by atoms with E-state index in [1.165, 1.54) is 29.3 Å². The number of anilines is 2. The molecule has 22 nitrogen and oxygen atoms in total. The molecule has 2 saturated heterocycles. The van der Waals surface area contributed by atoms with E-state index in [0.717, 1.165) is 0 Å². The van der Waals surface area contributed by atoms with Gasteiger partial charge in [-0.3, -0.25) is 18.7 Å². The van der Waals surface area contributed by atoms with Gasteiger partial charge >= 0.3 is 29.4 Å². The number of nitrogens with two attached hydrogens (primary N) is 1. The third-order valence-corrected chi connectivity index (χ3v) is 11.6. The van der Waals surface area contributed by atoms with Crippen LogP contribution in [0.3, 0.4) is 0 Å². The van der Waals surface area contributed by atoms with Crippen molar-refractivity contribution in [2.75, 3.05) is 24.8 Å². The molecule has 3 aromatic rings. The first-order chi connectivity index (χ1) is 21.9. The predicted molar refractivity (Wildman–Crippen MR) is 158 cm³/mol. The SMILES string of the molecule is COC(=O)Cc1scc(C)c1NC(=O)[C@@H]1OC2C(COP(=O)(O)OP(=O)(O)OP(=O)(O)O)OC(n3cnc4c(=S)nc(N)[nH]c43)C2O1. The van der Waals surface area contributed by atoms with Gasteiger partial charge in [0.2, 0.25) is 6.29 Å². The van der Waals surface area contributed by atoms with Crippen molar-refractivity contribution in [2.24, 2.45) is 0 Å². The van der Waals surface area contributed by atoms with E-state index in [-0.39, 0.29) is 28.2 Å². The van der Waals surface area contributed by atoms with Crippen LogP contribution in [0.5, 0.6) is 0 Å². The zero-order valence-corrected chi connectivity index (χ0v) is 28.0. The van der Waals surface area contributed by atoms with Crippen LogP contribution in [-0.2, 0) is 61.8 Å². The quantitative estimate of drug-likeness (QED) is 0.0773. The number of hydrogen-bond donors (Lipinski definition) is 7. The summed E-state index contributed by atoms with van der Waals surface area (Å²) in [6.45, 7) is 0.785. The summed E-state index contributed by atoms with van der Waals surface area (Å²) in [7, 11) is -15.8. The second-order valence-corrected chi connectivity index (χ2v) is 15.5. The van der Waals surface area contributed by atoms with Gasteiger partial charge in [-0.05, 0) is 17.9 Å². The molecule has 6 unspecified atom stereocenters. The normalized spacial score (nSPS) is 25.3. The van der Waals surface area contributed by atoms with Crippen LogP contribution in [0.25, 0.3) is 11.2 Å². The number of aromatic amines is 1. The van der Waals surface area contributed by atoms with E-state index < -0.39 is 72.8 Å². The Morgan fingerprint density at radius 2 is 1.85 bits per heavy atom. The van der Waals surface area contributed by atoms with E-state index in [1.54, 1.807) is 12.3 Å². The molecular formula is C20H25N6O16P3S2. The second kappa shape index (κ2) is 13.4. The summed E-state index contributed by atoms with van der Waals surface area (Å²) < 4.78 is 71.2. The van der Waals surface area contributed by atoms with Crippen molar-refractivity contribution >= 4 is 81.7 Å². The van der Waals surface area contributed by atoms with Crippen molar-refractivity contribution < 1.29 is 75.0 Å². The molecule has 0 aliphatic carbocycles. The number of phosphoric acid groups is 3. The van der Waals surface area contributed by atoms with Crippen molar-refractivity contribution in [3.8, 4) is 0 Å². The first-order valence-corrected chi connectivity index (χ1v) is 18.6. The van der Waals surface area contributed by atoms with Gasteiger partial charge < -0.3 is 54.6 Å². The van der Waals surface area contributed by atoms with Gasteiger partial charge in [0.1, 0.15) is 29.5 Å². The lowest BCUT2D eigenvalue weighted by Gasteiger charge is -2.22. The van der Waals surface area contributed by atoms with Gasteiger partial charge in [-0.2, -0.15) is 8.62 Å². The maximum atomic E-state index is 13.3. The molecule has 1 amide bonds. The molecule has 2 fully saturated rings. The number of H-pyrrole nitrogens is 1. The highest BCUT2D eigenvalue weighted by Crippen LogP contribution is 2.66. The number of aryl methyl sites for hydroxylation is 1. The van der Waals surface area contributed by atoms with E-state index in [9.17, 15) is 33.1 Å². The smallest absolute Gasteiger partial charge is 0.469 e. The Kier molecular flexibility index (Phi) is 10.2. The maximum absolute atomic E-state index is 13.3. The lowest BCUT2D eigenvalue weighted by molar-refractivity contribution is -0.166. The number of phosphoric ester groups is 1. The number of methoxy groups -OCH3 is 1. The van der Waals surface area contributed by atoms with Crippen LogP contribution in [0.15, 0.2) is 11.7 Å². The number of nitrogen functional groups attached to an aromatic ring is 1. The van der Waals surface area contributed by atoms with E-state index in [2.05, 4.69) is 28.9 Å². The van der Waals surface area contributed by atoms with Crippen molar-refractivity contribution in [3.05, 3.63) is 26.8 Å². The average Bonchev–Trinajstić information content (AvgIpc) is 3.70. The molecule has 0 saturated carbocycles. The van der Waals surface area contributed by atoms with Gasteiger partial charge in [-0.25, -0.2) is 23.7 Å². The molecule has 47 heavy (non-hydrogen) atoms. The van der Waals surface area contributed by atoms with Crippen LogP contribution >= 0.6 is 47.0 Å². The van der Waals surface area contributed by atoms with Crippen LogP contribution in [-0.4, -0.2) is 89.3 Å². The number of nitrogens with one attached hydrogen (secondary N) is 2. The van der Waals surface area contributed by atoms with Crippen LogP contribution in [0, 0.1) is 11.6 Å². The Labute approximate surface area is 271 Å².